The molecule has 0 bridgehead atoms. The lowest BCUT2D eigenvalue weighted by molar-refractivity contribution is 0.692. The van der Waals surface area contributed by atoms with Gasteiger partial charge in [-0.25, -0.2) is 0 Å². The largest absolute Gasteiger partial charge is 0.309 e. The maximum absolute atomic E-state index is 6.26. The van der Waals surface area contributed by atoms with Crippen molar-refractivity contribution in [3.63, 3.8) is 0 Å². The third-order valence-electron chi connectivity index (χ3n) is 2.99. The number of halogens is 2. The van der Waals surface area contributed by atoms with Crippen molar-refractivity contribution < 1.29 is 0 Å². The van der Waals surface area contributed by atoms with Crippen LogP contribution in [0.5, 0.6) is 0 Å². The van der Waals surface area contributed by atoms with Crippen molar-refractivity contribution in [3.05, 3.63) is 69.2 Å². The molecule has 0 aromatic heterocycles. The van der Waals surface area contributed by atoms with Crippen molar-refractivity contribution in [1.82, 2.24) is 5.32 Å². The van der Waals surface area contributed by atoms with E-state index < -0.39 is 0 Å². The van der Waals surface area contributed by atoms with Crippen LogP contribution < -0.4 is 5.32 Å². The molecule has 0 saturated heterocycles. The summed E-state index contributed by atoms with van der Waals surface area (Å²) in [4.78, 5) is 0. The van der Waals surface area contributed by atoms with Gasteiger partial charge >= 0.3 is 0 Å². The summed E-state index contributed by atoms with van der Waals surface area (Å²) in [7, 11) is 1.91. The Kier molecular flexibility index (Phi) is 4.28. The average Bonchev–Trinajstić information content (AvgIpc) is 2.35. The highest BCUT2D eigenvalue weighted by atomic mass is 35.5. The zero-order valence-corrected chi connectivity index (χ0v) is 11.9. The molecule has 1 N–H and O–H groups in total. The molecule has 0 spiro atoms. The fraction of sp³-hybridized carbons (Fsp3) is 0.200. The SMILES string of the molecule is CNC(c1ccc(C)cc1)c1c(Cl)cccc1Cl. The van der Waals surface area contributed by atoms with Crippen LogP contribution in [-0.2, 0) is 0 Å². The number of rotatable bonds is 3. The van der Waals surface area contributed by atoms with Crippen molar-refractivity contribution in [2.45, 2.75) is 13.0 Å². The van der Waals surface area contributed by atoms with E-state index in [1.165, 1.54) is 5.56 Å². The Morgan fingerprint density at radius 1 is 0.944 bits per heavy atom. The molecule has 0 amide bonds. The Morgan fingerprint density at radius 2 is 1.50 bits per heavy atom. The molecule has 0 aliphatic rings. The Labute approximate surface area is 118 Å². The molecule has 2 rings (SSSR count). The van der Waals surface area contributed by atoms with E-state index in [-0.39, 0.29) is 6.04 Å². The molecule has 1 atom stereocenters. The van der Waals surface area contributed by atoms with Crippen LogP contribution in [0.2, 0.25) is 10.0 Å². The molecule has 18 heavy (non-hydrogen) atoms. The summed E-state index contributed by atoms with van der Waals surface area (Å²) in [6.07, 6.45) is 0. The van der Waals surface area contributed by atoms with E-state index in [9.17, 15) is 0 Å². The summed E-state index contributed by atoms with van der Waals surface area (Å²) < 4.78 is 0. The molecule has 94 valence electrons. The predicted octanol–water partition coefficient (Wildman–Crippen LogP) is 4.61. The van der Waals surface area contributed by atoms with Gasteiger partial charge in [-0.1, -0.05) is 59.1 Å². The topological polar surface area (TPSA) is 12.0 Å². The smallest absolute Gasteiger partial charge is 0.0603 e. The van der Waals surface area contributed by atoms with Crippen molar-refractivity contribution in [1.29, 1.82) is 0 Å². The number of hydrogen-bond donors (Lipinski definition) is 1. The number of nitrogens with one attached hydrogen (secondary N) is 1. The quantitative estimate of drug-likeness (QED) is 0.865. The zero-order valence-electron chi connectivity index (χ0n) is 10.4. The molecule has 0 saturated carbocycles. The first-order valence-corrected chi connectivity index (χ1v) is 6.57. The molecule has 0 fully saturated rings. The molecular formula is C15H15Cl2N. The lowest BCUT2D eigenvalue weighted by atomic mass is 9.98. The number of benzene rings is 2. The van der Waals surface area contributed by atoms with Gasteiger partial charge in [0, 0.05) is 15.6 Å². The minimum absolute atomic E-state index is 0.00630. The molecule has 0 aliphatic heterocycles. The summed E-state index contributed by atoms with van der Waals surface area (Å²) >= 11 is 12.5. The third-order valence-corrected chi connectivity index (χ3v) is 3.65. The van der Waals surface area contributed by atoms with Gasteiger partial charge in [0.05, 0.1) is 6.04 Å². The summed E-state index contributed by atoms with van der Waals surface area (Å²) in [5.41, 5.74) is 3.31. The average molecular weight is 280 g/mol. The van der Waals surface area contributed by atoms with Gasteiger partial charge in [-0.05, 0) is 31.7 Å². The molecule has 1 unspecified atom stereocenters. The van der Waals surface area contributed by atoms with Crippen LogP contribution in [0.1, 0.15) is 22.7 Å². The summed E-state index contributed by atoms with van der Waals surface area (Å²) in [6, 6.07) is 14.0. The summed E-state index contributed by atoms with van der Waals surface area (Å²) in [5, 5.41) is 4.63. The maximum Gasteiger partial charge on any atom is 0.0603 e. The molecule has 0 heterocycles. The van der Waals surface area contributed by atoms with Gasteiger partial charge in [0.15, 0.2) is 0 Å². The van der Waals surface area contributed by atoms with Crippen molar-refractivity contribution >= 4 is 23.2 Å². The van der Waals surface area contributed by atoms with E-state index in [0.717, 1.165) is 11.1 Å². The Hall–Kier alpha value is -1.02. The first kappa shape index (κ1) is 13.4. The third kappa shape index (κ3) is 2.69. The van der Waals surface area contributed by atoms with Crippen molar-refractivity contribution in [3.8, 4) is 0 Å². The van der Waals surface area contributed by atoms with E-state index in [0.29, 0.717) is 10.0 Å². The number of hydrogen-bond acceptors (Lipinski definition) is 1. The lowest BCUT2D eigenvalue weighted by Gasteiger charge is -2.20. The predicted molar refractivity (Wildman–Crippen MR) is 78.5 cm³/mol. The van der Waals surface area contributed by atoms with Crippen LogP contribution in [0.4, 0.5) is 0 Å². The van der Waals surface area contributed by atoms with Gasteiger partial charge in [0.2, 0.25) is 0 Å². The second-order valence-corrected chi connectivity index (χ2v) is 5.08. The van der Waals surface area contributed by atoms with Crippen LogP contribution in [0.15, 0.2) is 42.5 Å². The van der Waals surface area contributed by atoms with Crippen molar-refractivity contribution in [2.75, 3.05) is 7.05 Å². The van der Waals surface area contributed by atoms with E-state index in [1.54, 1.807) is 0 Å². The lowest BCUT2D eigenvalue weighted by Crippen LogP contribution is -2.18. The maximum atomic E-state index is 6.26. The minimum Gasteiger partial charge on any atom is -0.309 e. The van der Waals surface area contributed by atoms with Gasteiger partial charge < -0.3 is 5.32 Å². The highest BCUT2D eigenvalue weighted by Gasteiger charge is 2.17. The zero-order chi connectivity index (χ0) is 13.1. The summed E-state index contributed by atoms with van der Waals surface area (Å²) in [5.74, 6) is 0. The van der Waals surface area contributed by atoms with Gasteiger partial charge in [-0.3, -0.25) is 0 Å². The molecule has 0 radical (unpaired) electrons. The van der Waals surface area contributed by atoms with E-state index in [1.807, 2.05) is 25.2 Å². The monoisotopic (exact) mass is 279 g/mol. The molecule has 1 nitrogen and oxygen atoms in total. The highest BCUT2D eigenvalue weighted by Crippen LogP contribution is 2.33. The van der Waals surface area contributed by atoms with E-state index >= 15 is 0 Å². The second kappa shape index (κ2) is 5.75. The van der Waals surface area contributed by atoms with Crippen LogP contribution in [0, 0.1) is 6.92 Å². The Balaban J connectivity index is 2.48. The molecule has 2 aromatic carbocycles. The van der Waals surface area contributed by atoms with Crippen LogP contribution in [0.25, 0.3) is 0 Å². The van der Waals surface area contributed by atoms with Crippen LogP contribution in [-0.4, -0.2) is 7.05 Å². The molecule has 0 aliphatic carbocycles. The van der Waals surface area contributed by atoms with E-state index in [2.05, 4.69) is 36.5 Å². The Morgan fingerprint density at radius 3 is 2.00 bits per heavy atom. The minimum atomic E-state index is 0.00630. The first-order chi connectivity index (χ1) is 8.63. The normalized spacial score (nSPS) is 12.4. The fourth-order valence-electron chi connectivity index (χ4n) is 2.02. The standard InChI is InChI=1S/C15H15Cl2N/c1-10-6-8-11(9-7-10)15(18-2)14-12(16)4-3-5-13(14)17/h3-9,15,18H,1-2H3. The van der Waals surface area contributed by atoms with Gasteiger partial charge in [0.1, 0.15) is 0 Å². The first-order valence-electron chi connectivity index (χ1n) is 5.81. The van der Waals surface area contributed by atoms with Crippen LogP contribution >= 0.6 is 23.2 Å². The Bertz CT molecular complexity index is 514. The fourth-order valence-corrected chi connectivity index (χ4v) is 2.64. The molecular weight excluding hydrogens is 265 g/mol. The van der Waals surface area contributed by atoms with Gasteiger partial charge in [-0.2, -0.15) is 0 Å². The summed E-state index contributed by atoms with van der Waals surface area (Å²) in [6.45, 7) is 2.07. The van der Waals surface area contributed by atoms with E-state index in [4.69, 9.17) is 23.2 Å². The molecule has 2 aromatic rings. The molecule has 3 heteroatoms. The number of aryl methyl sites for hydroxylation is 1. The van der Waals surface area contributed by atoms with Crippen LogP contribution in [0.3, 0.4) is 0 Å². The van der Waals surface area contributed by atoms with Crippen molar-refractivity contribution in [2.24, 2.45) is 0 Å². The highest BCUT2D eigenvalue weighted by molar-refractivity contribution is 6.36. The van der Waals surface area contributed by atoms with Gasteiger partial charge in [0.25, 0.3) is 0 Å². The second-order valence-electron chi connectivity index (χ2n) is 4.27. The van der Waals surface area contributed by atoms with Gasteiger partial charge in [-0.15, -0.1) is 0 Å².